The van der Waals surface area contributed by atoms with Gasteiger partial charge in [-0.15, -0.1) is 0 Å². The number of amides is 1. The van der Waals surface area contributed by atoms with Crippen molar-refractivity contribution in [2.24, 2.45) is 5.92 Å². The molecule has 0 aromatic heterocycles. The monoisotopic (exact) mass is 321 g/mol. The maximum Gasteiger partial charge on any atom is 0.407 e. The molecule has 1 unspecified atom stereocenters. The van der Waals surface area contributed by atoms with Crippen molar-refractivity contribution in [3.05, 3.63) is 0 Å². The average Bonchev–Trinajstić information content (AvgIpc) is 2.24. The van der Waals surface area contributed by atoms with Crippen LogP contribution in [0.3, 0.4) is 0 Å². The molecule has 1 atom stereocenters. The second kappa shape index (κ2) is 6.96. The summed E-state index contributed by atoms with van der Waals surface area (Å²) >= 11 is 0. The smallest absolute Gasteiger partial charge is 0.407 e. The third kappa shape index (κ3) is 7.66. The van der Waals surface area contributed by atoms with E-state index in [9.17, 15) is 13.2 Å². The minimum Gasteiger partial charge on any atom is -0.444 e. The van der Waals surface area contributed by atoms with E-state index in [0.29, 0.717) is 0 Å². The molecule has 1 aliphatic carbocycles. The van der Waals surface area contributed by atoms with E-state index in [2.05, 4.69) is 5.32 Å². The van der Waals surface area contributed by atoms with Crippen molar-refractivity contribution in [2.75, 3.05) is 6.26 Å². The van der Waals surface area contributed by atoms with Crippen molar-refractivity contribution in [3.63, 3.8) is 0 Å². The Morgan fingerprint density at radius 3 is 2.14 bits per heavy atom. The highest BCUT2D eigenvalue weighted by Gasteiger charge is 2.29. The summed E-state index contributed by atoms with van der Waals surface area (Å²) in [4.78, 5) is 11.7. The Morgan fingerprint density at radius 2 is 1.71 bits per heavy atom. The predicted molar refractivity (Wildman–Crippen MR) is 80.5 cm³/mol. The normalized spacial score (nSPS) is 25.2. The molecule has 0 aliphatic heterocycles. The Kier molecular flexibility index (Phi) is 6.04. The lowest BCUT2D eigenvalue weighted by Gasteiger charge is -2.32. The Bertz CT molecular complexity index is 446. The van der Waals surface area contributed by atoms with Gasteiger partial charge in [-0.25, -0.2) is 4.79 Å². The van der Waals surface area contributed by atoms with Crippen molar-refractivity contribution in [2.45, 2.75) is 71.1 Å². The van der Waals surface area contributed by atoms with Crippen molar-refractivity contribution < 1.29 is 22.1 Å². The molecule has 0 aromatic rings. The summed E-state index contributed by atoms with van der Waals surface area (Å²) in [6, 6.07) is 0.0848. The summed E-state index contributed by atoms with van der Waals surface area (Å²) < 4.78 is 32.5. The van der Waals surface area contributed by atoms with Gasteiger partial charge in [-0.3, -0.25) is 4.18 Å². The van der Waals surface area contributed by atoms with E-state index in [1.165, 1.54) is 0 Å². The van der Waals surface area contributed by atoms with E-state index in [0.717, 1.165) is 31.9 Å². The molecule has 1 aliphatic rings. The molecular weight excluding hydrogens is 294 g/mol. The van der Waals surface area contributed by atoms with Crippen LogP contribution in [0.2, 0.25) is 0 Å². The Balaban J connectivity index is 2.37. The number of carbonyl (C=O) groups is 1. The molecule has 1 fully saturated rings. The van der Waals surface area contributed by atoms with E-state index in [1.807, 2.05) is 20.8 Å². The highest BCUT2D eigenvalue weighted by atomic mass is 32.2. The fourth-order valence-corrected chi connectivity index (χ4v) is 3.27. The standard InChI is InChI=1S/C14H27NO5S/c1-10(20-21(5,17)18)11-6-8-12(9-7-11)15-13(16)19-14(2,3)4/h10-12H,6-9H2,1-5H3,(H,15,16). The van der Waals surface area contributed by atoms with E-state index in [4.69, 9.17) is 8.92 Å². The lowest BCUT2D eigenvalue weighted by molar-refractivity contribution is 0.0474. The number of nitrogens with one attached hydrogen (secondary N) is 1. The second-order valence-electron chi connectivity index (χ2n) is 6.76. The quantitative estimate of drug-likeness (QED) is 0.804. The van der Waals surface area contributed by atoms with E-state index < -0.39 is 21.8 Å². The van der Waals surface area contributed by atoms with Crippen LogP contribution in [0.1, 0.15) is 53.4 Å². The van der Waals surface area contributed by atoms with Crippen LogP contribution in [0, 0.1) is 5.92 Å². The van der Waals surface area contributed by atoms with Gasteiger partial charge in [0, 0.05) is 6.04 Å². The molecule has 0 bridgehead atoms. The van der Waals surface area contributed by atoms with Crippen LogP contribution in [0.15, 0.2) is 0 Å². The number of rotatable bonds is 4. The minimum absolute atomic E-state index is 0.0848. The molecule has 0 heterocycles. The van der Waals surface area contributed by atoms with Crippen LogP contribution in [-0.2, 0) is 19.0 Å². The van der Waals surface area contributed by atoms with Gasteiger partial charge in [0.1, 0.15) is 5.60 Å². The molecule has 6 nitrogen and oxygen atoms in total. The first-order valence-corrected chi connectivity index (χ1v) is 9.16. The highest BCUT2D eigenvalue weighted by Crippen LogP contribution is 2.29. The third-order valence-electron chi connectivity index (χ3n) is 3.48. The van der Waals surface area contributed by atoms with Crippen molar-refractivity contribution in [3.8, 4) is 0 Å². The van der Waals surface area contributed by atoms with Crippen LogP contribution >= 0.6 is 0 Å². The van der Waals surface area contributed by atoms with Gasteiger partial charge in [-0.2, -0.15) is 8.42 Å². The van der Waals surface area contributed by atoms with Gasteiger partial charge < -0.3 is 10.1 Å². The van der Waals surface area contributed by atoms with E-state index >= 15 is 0 Å². The van der Waals surface area contributed by atoms with Crippen molar-refractivity contribution >= 4 is 16.2 Å². The second-order valence-corrected chi connectivity index (χ2v) is 8.36. The number of ether oxygens (including phenoxy) is 1. The Morgan fingerprint density at radius 1 is 1.19 bits per heavy atom. The van der Waals surface area contributed by atoms with Gasteiger partial charge in [0.25, 0.3) is 10.1 Å². The predicted octanol–water partition coefficient (Wildman–Crippen LogP) is 2.43. The first-order chi connectivity index (χ1) is 9.46. The summed E-state index contributed by atoms with van der Waals surface area (Å²) in [5, 5.41) is 2.86. The molecule has 0 radical (unpaired) electrons. The van der Waals surface area contributed by atoms with Crippen LogP contribution in [0.5, 0.6) is 0 Å². The fourth-order valence-electron chi connectivity index (χ4n) is 2.56. The lowest BCUT2D eigenvalue weighted by Crippen LogP contribution is -2.42. The lowest BCUT2D eigenvalue weighted by atomic mass is 9.83. The zero-order chi connectivity index (χ0) is 16.3. The molecule has 1 saturated carbocycles. The Labute approximate surface area is 127 Å². The molecule has 0 saturated heterocycles. The van der Waals surface area contributed by atoms with Crippen molar-refractivity contribution in [1.82, 2.24) is 5.32 Å². The maximum absolute atomic E-state index is 11.7. The molecular formula is C14H27NO5S. The third-order valence-corrected chi connectivity index (χ3v) is 4.14. The molecule has 124 valence electrons. The zero-order valence-electron chi connectivity index (χ0n) is 13.5. The van der Waals surface area contributed by atoms with E-state index in [1.54, 1.807) is 6.92 Å². The molecule has 0 aromatic carbocycles. The summed E-state index contributed by atoms with van der Waals surface area (Å²) in [5.74, 6) is 0.205. The SMILES string of the molecule is CC(OS(C)(=O)=O)C1CCC(NC(=O)OC(C)(C)C)CC1. The summed E-state index contributed by atoms with van der Waals surface area (Å²) in [5.41, 5.74) is -0.501. The van der Waals surface area contributed by atoms with Gasteiger partial charge in [0.05, 0.1) is 12.4 Å². The summed E-state index contributed by atoms with van der Waals surface area (Å²) in [7, 11) is -3.42. The first-order valence-electron chi connectivity index (χ1n) is 7.34. The molecule has 21 heavy (non-hydrogen) atoms. The van der Waals surface area contributed by atoms with Crippen LogP contribution < -0.4 is 5.32 Å². The van der Waals surface area contributed by atoms with Crippen LogP contribution in [0.25, 0.3) is 0 Å². The Hall–Kier alpha value is -0.820. The minimum atomic E-state index is -3.42. The molecule has 0 spiro atoms. The fraction of sp³-hybridized carbons (Fsp3) is 0.929. The number of hydrogen-bond acceptors (Lipinski definition) is 5. The summed E-state index contributed by atoms with van der Waals surface area (Å²) in [6.45, 7) is 7.27. The van der Waals surface area contributed by atoms with Gasteiger partial charge in [-0.05, 0) is 59.3 Å². The molecule has 7 heteroatoms. The molecule has 1 amide bonds. The number of hydrogen-bond donors (Lipinski definition) is 1. The molecule has 1 rings (SSSR count). The number of alkyl carbamates (subject to hydrolysis) is 1. The van der Waals surface area contributed by atoms with Gasteiger partial charge in [0.2, 0.25) is 0 Å². The van der Waals surface area contributed by atoms with Gasteiger partial charge >= 0.3 is 6.09 Å². The summed E-state index contributed by atoms with van der Waals surface area (Å²) in [6.07, 6.45) is 3.63. The van der Waals surface area contributed by atoms with Gasteiger partial charge in [-0.1, -0.05) is 0 Å². The maximum atomic E-state index is 11.7. The van der Waals surface area contributed by atoms with Crippen LogP contribution in [-0.4, -0.2) is 38.5 Å². The largest absolute Gasteiger partial charge is 0.444 e. The van der Waals surface area contributed by atoms with E-state index in [-0.39, 0.29) is 18.1 Å². The number of carbonyl (C=O) groups excluding carboxylic acids is 1. The highest BCUT2D eigenvalue weighted by molar-refractivity contribution is 7.86. The topological polar surface area (TPSA) is 81.7 Å². The first kappa shape index (κ1) is 18.2. The van der Waals surface area contributed by atoms with Crippen molar-refractivity contribution in [1.29, 1.82) is 0 Å². The van der Waals surface area contributed by atoms with Gasteiger partial charge in [0.15, 0.2) is 0 Å². The average molecular weight is 321 g/mol. The molecule has 1 N–H and O–H groups in total. The zero-order valence-corrected chi connectivity index (χ0v) is 14.3. The van der Waals surface area contributed by atoms with Crippen LogP contribution in [0.4, 0.5) is 4.79 Å².